The van der Waals surface area contributed by atoms with Crippen molar-refractivity contribution < 1.29 is 18.7 Å². The molecule has 0 bridgehead atoms. The van der Waals surface area contributed by atoms with Crippen LogP contribution < -0.4 is 15.5 Å². The van der Waals surface area contributed by atoms with Crippen LogP contribution in [0.5, 0.6) is 0 Å². The summed E-state index contributed by atoms with van der Waals surface area (Å²) in [5.41, 5.74) is 8.69. The summed E-state index contributed by atoms with van der Waals surface area (Å²) in [7, 11) is 0. The first-order valence-electron chi connectivity index (χ1n) is 9.23. The number of thiophene rings is 1. The molecule has 0 unspecified atom stereocenters. The Bertz CT molecular complexity index is 1410. The van der Waals surface area contributed by atoms with Crippen LogP contribution in [0.3, 0.4) is 0 Å². The molecule has 9 heteroatoms. The van der Waals surface area contributed by atoms with Gasteiger partial charge in [0.15, 0.2) is 0 Å². The van der Waals surface area contributed by atoms with Crippen molar-refractivity contribution in [3.8, 4) is 16.9 Å². The van der Waals surface area contributed by atoms with Gasteiger partial charge < -0.3 is 10.8 Å². The normalized spacial score (nSPS) is 11.8. The number of hydrogen-bond donors (Lipinski definition) is 1. The second kappa shape index (κ2) is 7.62. The lowest BCUT2D eigenvalue weighted by atomic mass is 10.1. The van der Waals surface area contributed by atoms with Gasteiger partial charge in [-0.05, 0) is 41.1 Å². The van der Waals surface area contributed by atoms with E-state index in [9.17, 15) is 9.50 Å². The number of aromatic nitrogens is 3. The molecule has 0 radical (unpaired) electrons. The van der Waals surface area contributed by atoms with Crippen LogP contribution in [-0.2, 0) is 0 Å². The predicted molar refractivity (Wildman–Crippen MR) is 114 cm³/mol. The van der Waals surface area contributed by atoms with Gasteiger partial charge in [0.1, 0.15) is 10.6 Å². The molecule has 3 aromatic heterocycles. The van der Waals surface area contributed by atoms with Crippen LogP contribution >= 0.6 is 11.3 Å². The third-order valence-corrected chi connectivity index (χ3v) is 5.72. The number of pyridine rings is 1. The lowest BCUT2D eigenvalue weighted by Gasteiger charge is -2.06. The molecular formula is C22H14FN5O2S. The van der Waals surface area contributed by atoms with Crippen molar-refractivity contribution in [2.24, 2.45) is 4.99 Å². The second-order valence-electron chi connectivity index (χ2n) is 6.64. The van der Waals surface area contributed by atoms with E-state index in [1.54, 1.807) is 24.3 Å². The number of nitrogens with zero attached hydrogens (tertiary/aromatic N) is 4. The molecule has 5 rings (SSSR count). The maximum Gasteiger partial charge on any atom is 0.321 e. The van der Waals surface area contributed by atoms with E-state index in [0.29, 0.717) is 21.6 Å². The fourth-order valence-corrected chi connectivity index (χ4v) is 4.06. The highest BCUT2D eigenvalue weighted by molar-refractivity contribution is 7.21. The number of fused-ring (bicyclic) bond motifs is 1. The van der Waals surface area contributed by atoms with E-state index < -0.39 is 5.90 Å². The molecule has 7 nitrogen and oxygen atoms in total. The quantitative estimate of drug-likeness (QED) is 0.267. The Morgan fingerprint density at radius 2 is 1.84 bits per heavy atom. The molecule has 3 heterocycles. The zero-order chi connectivity index (χ0) is 21.4. The molecule has 0 spiro atoms. The second-order valence-corrected chi connectivity index (χ2v) is 7.64. The number of benzene rings is 2. The molecule has 0 saturated heterocycles. The number of rotatable bonds is 4. The Morgan fingerprint density at radius 3 is 2.61 bits per heavy atom. The van der Waals surface area contributed by atoms with Crippen LogP contribution in [-0.4, -0.2) is 16.2 Å². The van der Waals surface area contributed by atoms with Crippen molar-refractivity contribution in [2.75, 3.05) is 5.73 Å². The number of nitrogen functional groups attached to an aromatic ring is 1. The molecule has 0 aliphatic carbocycles. The summed E-state index contributed by atoms with van der Waals surface area (Å²) in [4.78, 5) is 9.42. The molecule has 152 valence electrons. The van der Waals surface area contributed by atoms with E-state index >= 15 is 0 Å². The molecule has 0 aliphatic heterocycles. The molecule has 0 aliphatic rings. The van der Waals surface area contributed by atoms with Gasteiger partial charge in [-0.25, -0.2) is 14.4 Å². The van der Waals surface area contributed by atoms with Gasteiger partial charge in [0, 0.05) is 29.0 Å². The van der Waals surface area contributed by atoms with Crippen LogP contribution in [0.4, 0.5) is 16.0 Å². The highest BCUT2D eigenvalue weighted by Gasteiger charge is 2.16. The summed E-state index contributed by atoms with van der Waals surface area (Å²) in [6.45, 7) is 0. The fraction of sp³-hybridized carbons (Fsp3) is 0. The summed E-state index contributed by atoms with van der Waals surface area (Å²) in [5.74, 6) is -0.799. The molecule has 0 amide bonds. The van der Waals surface area contributed by atoms with Gasteiger partial charge in [0.05, 0.1) is 16.3 Å². The van der Waals surface area contributed by atoms with Crippen molar-refractivity contribution in [3.63, 3.8) is 0 Å². The minimum atomic E-state index is -0.541. The van der Waals surface area contributed by atoms with Gasteiger partial charge >= 0.3 is 5.88 Å². The molecule has 31 heavy (non-hydrogen) atoms. The highest BCUT2D eigenvalue weighted by atomic mass is 32.1. The average molecular weight is 431 g/mol. The zero-order valence-electron chi connectivity index (χ0n) is 15.9. The van der Waals surface area contributed by atoms with Gasteiger partial charge in [-0.3, -0.25) is 4.52 Å². The minimum Gasteiger partial charge on any atom is -0.857 e. The highest BCUT2D eigenvalue weighted by Crippen LogP contribution is 2.34. The third-order valence-electron chi connectivity index (χ3n) is 4.62. The first-order valence-corrected chi connectivity index (χ1v) is 10.1. The van der Waals surface area contributed by atoms with E-state index in [1.807, 2.05) is 30.3 Å². The van der Waals surface area contributed by atoms with Crippen molar-refractivity contribution in [3.05, 3.63) is 83.6 Å². The average Bonchev–Trinajstić information content (AvgIpc) is 3.39. The standard InChI is InChI=1S/C22H14FN5O2S/c23-14-8-6-13(7-9-14)17-11-10-16-19(24)20(31-22(16)25-17)21(29)26-18-12-28(27-30-18)15-4-2-1-3-5-15/h1-12H,(H2-,24,26,27,29). The molecule has 2 N–H and O–H groups in total. The summed E-state index contributed by atoms with van der Waals surface area (Å²) in [6.07, 6.45) is 1.52. The lowest BCUT2D eigenvalue weighted by Crippen LogP contribution is -2.30. The molecule has 5 aromatic rings. The van der Waals surface area contributed by atoms with Crippen molar-refractivity contribution in [2.45, 2.75) is 0 Å². The number of nitrogens with two attached hydrogens (primary N) is 1. The molecule has 2 aromatic carbocycles. The largest absolute Gasteiger partial charge is 0.857 e. The van der Waals surface area contributed by atoms with Crippen LogP contribution in [0.25, 0.3) is 27.2 Å². The molecule has 0 atom stereocenters. The maximum atomic E-state index is 13.2. The molecule has 0 saturated carbocycles. The lowest BCUT2D eigenvalue weighted by molar-refractivity contribution is -0.670. The van der Waals surface area contributed by atoms with Gasteiger partial charge in [-0.2, -0.15) is 0 Å². The van der Waals surface area contributed by atoms with E-state index in [-0.39, 0.29) is 16.6 Å². The Morgan fingerprint density at radius 1 is 1.06 bits per heavy atom. The molecular weight excluding hydrogens is 417 g/mol. The van der Waals surface area contributed by atoms with Gasteiger partial charge in [0.2, 0.25) is 11.0 Å². The first-order chi connectivity index (χ1) is 15.1. The Hall–Kier alpha value is -4.11. The first kappa shape index (κ1) is 18.9. The topological polar surface area (TPSA) is 104 Å². The van der Waals surface area contributed by atoms with Crippen LogP contribution in [0, 0.1) is 5.82 Å². The van der Waals surface area contributed by atoms with Crippen LogP contribution in [0.2, 0.25) is 0 Å². The Labute approximate surface area is 179 Å². The van der Waals surface area contributed by atoms with E-state index in [1.165, 1.54) is 23.0 Å². The Kier molecular flexibility index (Phi) is 4.64. The summed E-state index contributed by atoms with van der Waals surface area (Å²) < 4.78 is 19.8. The molecule has 0 fully saturated rings. The van der Waals surface area contributed by atoms with Crippen molar-refractivity contribution in [1.82, 2.24) is 10.3 Å². The number of halogens is 1. The number of hydrogen-bond acceptors (Lipinski definition) is 7. The predicted octanol–water partition coefficient (Wildman–Crippen LogP) is 3.39. The maximum absolute atomic E-state index is 13.2. The van der Waals surface area contributed by atoms with Crippen molar-refractivity contribution >= 4 is 39.0 Å². The van der Waals surface area contributed by atoms with Crippen molar-refractivity contribution in [1.29, 1.82) is 0 Å². The summed E-state index contributed by atoms with van der Waals surface area (Å²) in [5, 5.41) is 17.3. The minimum absolute atomic E-state index is 0.0608. The zero-order valence-corrected chi connectivity index (χ0v) is 16.7. The van der Waals surface area contributed by atoms with Gasteiger partial charge in [-0.15, -0.1) is 11.3 Å². The van der Waals surface area contributed by atoms with Gasteiger partial charge in [-0.1, -0.05) is 18.2 Å². The van der Waals surface area contributed by atoms with Crippen LogP contribution in [0.15, 0.2) is 82.4 Å². The fourth-order valence-electron chi connectivity index (χ4n) is 3.08. The number of anilines is 1. The third kappa shape index (κ3) is 3.62. The monoisotopic (exact) mass is 431 g/mol. The number of para-hydroxylation sites is 1. The summed E-state index contributed by atoms with van der Waals surface area (Å²) >= 11 is 1.14. The van der Waals surface area contributed by atoms with Gasteiger partial charge in [0.25, 0.3) is 6.20 Å². The Balaban J connectivity index is 1.49. The van der Waals surface area contributed by atoms with E-state index in [2.05, 4.69) is 15.2 Å². The van der Waals surface area contributed by atoms with Crippen LogP contribution in [0.1, 0.15) is 4.88 Å². The summed E-state index contributed by atoms with van der Waals surface area (Å²) in [6, 6.07) is 18.9. The SMILES string of the molecule is Nc1c(/C([O-])=N/c2c[n+](-c3ccccc3)no2)sc2nc(-c3ccc(F)cc3)ccc12. The smallest absolute Gasteiger partial charge is 0.321 e. The van der Waals surface area contributed by atoms with E-state index in [4.69, 9.17) is 10.3 Å². The van der Waals surface area contributed by atoms with E-state index in [0.717, 1.165) is 22.6 Å². The number of aliphatic imine (C=N–C) groups is 1.